The lowest BCUT2D eigenvalue weighted by Gasteiger charge is -2.17. The molecule has 0 aliphatic heterocycles. The second-order valence-electron chi connectivity index (χ2n) is 8.85. The highest BCUT2D eigenvalue weighted by molar-refractivity contribution is 8.00. The first-order valence-electron chi connectivity index (χ1n) is 12.4. The van der Waals surface area contributed by atoms with E-state index >= 15 is 0 Å². The normalized spacial score (nSPS) is 11.5. The Bertz CT molecular complexity index is 1780. The second-order valence-corrected chi connectivity index (χ2v) is 11.7. The van der Waals surface area contributed by atoms with Gasteiger partial charge in [0.2, 0.25) is 5.91 Å². The molecule has 0 bridgehead atoms. The Morgan fingerprint density at radius 1 is 0.881 bits per heavy atom. The average molecular weight is 636 g/mol. The van der Waals surface area contributed by atoms with E-state index in [0.717, 1.165) is 16.0 Å². The van der Waals surface area contributed by atoms with Gasteiger partial charge in [-0.2, -0.15) is 0 Å². The van der Waals surface area contributed by atoms with Gasteiger partial charge in [0.15, 0.2) is 5.13 Å². The molecule has 0 spiro atoms. The fraction of sp³-hybridized carbons (Fsp3) is 0.0333. The van der Waals surface area contributed by atoms with Crippen LogP contribution in [0.4, 0.5) is 16.5 Å². The van der Waals surface area contributed by atoms with Gasteiger partial charge in [-0.25, -0.2) is 4.98 Å². The minimum absolute atomic E-state index is 0.160. The van der Waals surface area contributed by atoms with Crippen LogP contribution in [-0.4, -0.2) is 21.7 Å². The number of hydrogen-bond acceptors (Lipinski definition) is 7. The number of anilines is 2. The van der Waals surface area contributed by atoms with Crippen molar-refractivity contribution in [1.29, 1.82) is 0 Å². The van der Waals surface area contributed by atoms with Gasteiger partial charge in [0.1, 0.15) is 5.25 Å². The molecule has 12 heteroatoms. The summed E-state index contributed by atoms with van der Waals surface area (Å²) in [7, 11) is 0. The average Bonchev–Trinajstić information content (AvgIpc) is 3.46. The number of rotatable bonds is 9. The Hall–Kier alpha value is -4.22. The van der Waals surface area contributed by atoms with Crippen molar-refractivity contribution in [2.24, 2.45) is 0 Å². The topological polar surface area (TPSA) is 114 Å². The fourth-order valence-corrected chi connectivity index (χ4v) is 6.04. The molecular weight excluding hydrogens is 615 g/mol. The summed E-state index contributed by atoms with van der Waals surface area (Å²) in [5.41, 5.74) is 2.69. The highest BCUT2D eigenvalue weighted by Gasteiger charge is 2.24. The number of amides is 2. The summed E-state index contributed by atoms with van der Waals surface area (Å²) in [6, 6.07) is 27.1. The van der Waals surface area contributed by atoms with Crippen molar-refractivity contribution >= 4 is 74.6 Å². The number of carbonyl (C=O) groups is 2. The third-order valence-corrected chi connectivity index (χ3v) is 8.70. The zero-order valence-corrected chi connectivity index (χ0v) is 24.6. The standard InChI is InChI=1S/C30H20Cl2N4O4S2/c31-24-13-12-19(15-25(24)32)26-17-41-30(34-26)35-29(38)27(18-6-2-1-3-7-18)42-23-11-5-9-21(16-23)33-28(37)20-8-4-10-22(14-20)36(39)40/h1-17,27H,(H,33,37)(H,34,35,38). The van der Waals surface area contributed by atoms with E-state index in [4.69, 9.17) is 23.2 Å². The predicted molar refractivity (Wildman–Crippen MR) is 169 cm³/mol. The lowest BCUT2D eigenvalue weighted by Crippen LogP contribution is -2.19. The minimum Gasteiger partial charge on any atom is -0.322 e. The van der Waals surface area contributed by atoms with Crippen molar-refractivity contribution in [2.75, 3.05) is 10.6 Å². The van der Waals surface area contributed by atoms with Gasteiger partial charge in [0.25, 0.3) is 11.6 Å². The zero-order chi connectivity index (χ0) is 29.6. The lowest BCUT2D eigenvalue weighted by molar-refractivity contribution is -0.384. The maximum atomic E-state index is 13.6. The molecule has 42 heavy (non-hydrogen) atoms. The number of thiazole rings is 1. The number of non-ortho nitro benzene ring substituents is 1. The Labute approximate surface area is 258 Å². The van der Waals surface area contributed by atoms with Crippen molar-refractivity contribution in [3.8, 4) is 11.3 Å². The third-order valence-electron chi connectivity index (χ3n) is 5.96. The molecule has 8 nitrogen and oxygen atoms in total. The summed E-state index contributed by atoms with van der Waals surface area (Å²) >= 11 is 14.8. The summed E-state index contributed by atoms with van der Waals surface area (Å²) in [5.74, 6) is -0.757. The summed E-state index contributed by atoms with van der Waals surface area (Å²) in [5, 5.41) is 19.3. The number of carbonyl (C=O) groups excluding carboxylic acids is 2. The first kappa shape index (κ1) is 29.3. The molecule has 5 aromatic rings. The van der Waals surface area contributed by atoms with Crippen molar-refractivity contribution in [1.82, 2.24) is 4.98 Å². The molecule has 0 aliphatic rings. The van der Waals surface area contributed by atoms with E-state index in [2.05, 4.69) is 15.6 Å². The molecular formula is C30H20Cl2N4O4S2. The summed E-state index contributed by atoms with van der Waals surface area (Å²) in [6.07, 6.45) is 0. The van der Waals surface area contributed by atoms with Crippen molar-refractivity contribution in [3.05, 3.63) is 134 Å². The van der Waals surface area contributed by atoms with E-state index in [1.807, 2.05) is 47.8 Å². The van der Waals surface area contributed by atoms with E-state index in [1.54, 1.807) is 30.3 Å². The number of nitrogens with zero attached hydrogens (tertiary/aromatic N) is 2. The van der Waals surface area contributed by atoms with Crippen LogP contribution in [0.3, 0.4) is 0 Å². The molecule has 1 aromatic heterocycles. The van der Waals surface area contributed by atoms with Crippen LogP contribution in [0.25, 0.3) is 11.3 Å². The van der Waals surface area contributed by atoms with Gasteiger partial charge in [0, 0.05) is 39.2 Å². The largest absolute Gasteiger partial charge is 0.322 e. The molecule has 0 radical (unpaired) electrons. The molecule has 210 valence electrons. The number of thioether (sulfide) groups is 1. The van der Waals surface area contributed by atoms with E-state index in [1.165, 1.54) is 47.4 Å². The smallest absolute Gasteiger partial charge is 0.270 e. The van der Waals surface area contributed by atoms with Gasteiger partial charge >= 0.3 is 0 Å². The van der Waals surface area contributed by atoms with Gasteiger partial charge in [-0.15, -0.1) is 23.1 Å². The number of benzene rings is 4. The van der Waals surface area contributed by atoms with Crippen LogP contribution in [0.15, 0.2) is 107 Å². The number of nitrogens with one attached hydrogen (secondary N) is 2. The molecule has 1 unspecified atom stereocenters. The second kappa shape index (κ2) is 13.2. The highest BCUT2D eigenvalue weighted by Crippen LogP contribution is 2.38. The van der Waals surface area contributed by atoms with E-state index in [-0.39, 0.29) is 17.2 Å². The number of hydrogen-bond donors (Lipinski definition) is 2. The number of halogens is 2. The molecule has 0 aliphatic carbocycles. The van der Waals surface area contributed by atoms with Crippen LogP contribution in [0.5, 0.6) is 0 Å². The SMILES string of the molecule is O=C(Nc1cccc(SC(C(=O)Nc2nc(-c3ccc(Cl)c(Cl)c3)cs2)c2ccccc2)c1)c1cccc([N+](=O)[O-])c1. The van der Waals surface area contributed by atoms with Gasteiger partial charge in [-0.1, -0.05) is 71.7 Å². The predicted octanol–water partition coefficient (Wildman–Crippen LogP) is 8.75. The Morgan fingerprint density at radius 2 is 1.67 bits per heavy atom. The summed E-state index contributed by atoms with van der Waals surface area (Å²) < 4.78 is 0. The molecule has 5 rings (SSSR count). The summed E-state index contributed by atoms with van der Waals surface area (Å²) in [6.45, 7) is 0. The van der Waals surface area contributed by atoms with E-state index in [0.29, 0.717) is 26.6 Å². The molecule has 0 fully saturated rings. The van der Waals surface area contributed by atoms with Crippen LogP contribution in [0.1, 0.15) is 21.2 Å². The van der Waals surface area contributed by atoms with Crippen LogP contribution in [-0.2, 0) is 4.79 Å². The van der Waals surface area contributed by atoms with Gasteiger partial charge in [0.05, 0.1) is 20.7 Å². The zero-order valence-electron chi connectivity index (χ0n) is 21.5. The Balaban J connectivity index is 1.33. The van der Waals surface area contributed by atoms with Crippen LogP contribution < -0.4 is 10.6 Å². The van der Waals surface area contributed by atoms with Crippen LogP contribution >= 0.6 is 46.3 Å². The number of aromatic nitrogens is 1. The minimum atomic E-state index is -0.633. The maximum absolute atomic E-state index is 13.6. The highest BCUT2D eigenvalue weighted by atomic mass is 35.5. The van der Waals surface area contributed by atoms with E-state index in [9.17, 15) is 19.7 Å². The Kier molecular flexibility index (Phi) is 9.19. The van der Waals surface area contributed by atoms with Gasteiger partial charge in [-0.05, 0) is 42.0 Å². The summed E-state index contributed by atoms with van der Waals surface area (Å²) in [4.78, 5) is 42.2. The molecule has 2 N–H and O–H groups in total. The van der Waals surface area contributed by atoms with Gasteiger partial charge in [-0.3, -0.25) is 19.7 Å². The third kappa shape index (κ3) is 7.15. The molecule has 2 amide bonds. The van der Waals surface area contributed by atoms with Crippen molar-refractivity contribution in [3.63, 3.8) is 0 Å². The van der Waals surface area contributed by atoms with Gasteiger partial charge < -0.3 is 10.6 Å². The molecule has 0 saturated carbocycles. The van der Waals surface area contributed by atoms with E-state index < -0.39 is 16.1 Å². The quantitative estimate of drug-likeness (QED) is 0.0951. The monoisotopic (exact) mass is 634 g/mol. The van der Waals surface area contributed by atoms with Crippen molar-refractivity contribution < 1.29 is 14.5 Å². The molecule has 0 saturated heterocycles. The van der Waals surface area contributed by atoms with Crippen LogP contribution in [0, 0.1) is 10.1 Å². The lowest BCUT2D eigenvalue weighted by atomic mass is 10.1. The Morgan fingerprint density at radius 3 is 2.43 bits per heavy atom. The first-order valence-corrected chi connectivity index (χ1v) is 14.9. The molecule has 1 atom stereocenters. The molecule has 4 aromatic carbocycles. The van der Waals surface area contributed by atoms with Crippen molar-refractivity contribution in [2.45, 2.75) is 10.1 Å². The first-order chi connectivity index (χ1) is 20.3. The number of nitro benzene ring substituents is 1. The number of nitro groups is 1. The van der Waals surface area contributed by atoms with Crippen LogP contribution in [0.2, 0.25) is 10.0 Å². The fourth-order valence-electron chi connectivity index (χ4n) is 3.94. The molecule has 1 heterocycles. The maximum Gasteiger partial charge on any atom is 0.270 e.